The smallest absolute Gasteiger partial charge is 0.338 e. The molecule has 0 aromatic carbocycles. The number of carbonyl (C=O) groups is 2. The number of ether oxygens (including phenoxy) is 2. The average molecular weight is 344 g/mol. The van der Waals surface area contributed by atoms with E-state index in [1.807, 2.05) is 6.08 Å². The van der Waals surface area contributed by atoms with Crippen molar-refractivity contribution in [2.24, 2.45) is 11.3 Å². The Labute approximate surface area is 150 Å². The molecule has 136 valence electrons. The number of rotatable bonds is 4. The first-order chi connectivity index (χ1) is 11.9. The normalized spacial score (nSPS) is 27.4. The van der Waals surface area contributed by atoms with Crippen LogP contribution in [0.2, 0.25) is 0 Å². The van der Waals surface area contributed by atoms with Crippen LogP contribution in [0.3, 0.4) is 0 Å². The van der Waals surface area contributed by atoms with Crippen molar-refractivity contribution in [1.82, 2.24) is 0 Å². The molecule has 1 aliphatic carbocycles. The fourth-order valence-corrected chi connectivity index (χ4v) is 3.37. The van der Waals surface area contributed by atoms with Crippen molar-refractivity contribution in [3.63, 3.8) is 0 Å². The summed E-state index contributed by atoms with van der Waals surface area (Å²) in [5, 5.41) is 0. The molecule has 2 rings (SSSR count). The van der Waals surface area contributed by atoms with E-state index in [9.17, 15) is 9.59 Å². The van der Waals surface area contributed by atoms with Crippen LogP contribution in [0.4, 0.5) is 0 Å². The van der Waals surface area contributed by atoms with Crippen molar-refractivity contribution >= 4 is 11.9 Å². The van der Waals surface area contributed by atoms with Gasteiger partial charge in [0.05, 0.1) is 12.7 Å². The number of hydrogen-bond donors (Lipinski definition) is 0. The Morgan fingerprint density at radius 3 is 2.88 bits per heavy atom. The van der Waals surface area contributed by atoms with Gasteiger partial charge in [-0.3, -0.25) is 0 Å². The molecule has 0 radical (unpaired) electrons. The highest BCUT2D eigenvalue weighted by Crippen LogP contribution is 2.41. The van der Waals surface area contributed by atoms with E-state index in [0.29, 0.717) is 18.1 Å². The Hall–Kier alpha value is -2.10. The van der Waals surface area contributed by atoms with Gasteiger partial charge < -0.3 is 9.47 Å². The van der Waals surface area contributed by atoms with Crippen molar-refractivity contribution in [2.75, 3.05) is 13.7 Å². The number of cyclic esters (lactones) is 1. The molecular formula is C21H28O4. The fraction of sp³-hybridized carbons (Fsp3) is 0.524. The van der Waals surface area contributed by atoms with E-state index in [0.717, 1.165) is 43.3 Å². The van der Waals surface area contributed by atoms with E-state index in [1.54, 1.807) is 12.2 Å². The number of allylic oxidation sites excluding steroid dienone is 3. The highest BCUT2D eigenvalue weighted by atomic mass is 16.5. The molecule has 4 nitrogen and oxygen atoms in total. The summed E-state index contributed by atoms with van der Waals surface area (Å²) >= 11 is 0. The molecule has 0 saturated carbocycles. The van der Waals surface area contributed by atoms with Crippen LogP contribution in [0.25, 0.3) is 0 Å². The quantitative estimate of drug-likeness (QED) is 0.714. The SMILES string of the molecule is C=C1CCC(C)C(C)(CCC2=CC(=O)OC2)CC=CC=C1C(=O)OC. The maximum Gasteiger partial charge on any atom is 0.338 e. The van der Waals surface area contributed by atoms with Gasteiger partial charge in [0.15, 0.2) is 0 Å². The standard InChI is InChI=1S/C21H28O4/c1-15-8-9-16(2)21(3,12-10-17-13-19(22)25-14-17)11-6-5-7-18(15)20(23)24-4/h5-7,13,16H,1,8-12,14H2,2-4H3. The maximum atomic E-state index is 11.9. The zero-order valence-electron chi connectivity index (χ0n) is 15.5. The summed E-state index contributed by atoms with van der Waals surface area (Å²) in [6, 6.07) is 0. The second-order valence-corrected chi connectivity index (χ2v) is 7.31. The van der Waals surface area contributed by atoms with E-state index in [1.165, 1.54) is 7.11 Å². The molecule has 0 aromatic rings. The molecule has 25 heavy (non-hydrogen) atoms. The Kier molecular flexibility index (Phi) is 6.40. The third kappa shape index (κ3) is 4.94. The topological polar surface area (TPSA) is 52.6 Å². The summed E-state index contributed by atoms with van der Waals surface area (Å²) in [4.78, 5) is 23.1. The first-order valence-electron chi connectivity index (χ1n) is 8.85. The van der Waals surface area contributed by atoms with Crippen molar-refractivity contribution < 1.29 is 19.1 Å². The Morgan fingerprint density at radius 2 is 2.24 bits per heavy atom. The predicted octanol–water partition coefficient (Wildman–Crippen LogP) is 4.29. The second kappa shape index (κ2) is 8.32. The van der Waals surface area contributed by atoms with Crippen molar-refractivity contribution in [3.05, 3.63) is 47.6 Å². The van der Waals surface area contributed by atoms with Gasteiger partial charge in [-0.05, 0) is 60.7 Å². The lowest BCUT2D eigenvalue weighted by atomic mass is 9.69. The van der Waals surface area contributed by atoms with Crippen LogP contribution in [-0.4, -0.2) is 25.7 Å². The van der Waals surface area contributed by atoms with Crippen molar-refractivity contribution in [1.29, 1.82) is 0 Å². The van der Waals surface area contributed by atoms with Gasteiger partial charge in [0.1, 0.15) is 6.61 Å². The number of esters is 2. The van der Waals surface area contributed by atoms with Crippen LogP contribution in [0.15, 0.2) is 47.6 Å². The summed E-state index contributed by atoms with van der Waals surface area (Å²) in [7, 11) is 1.39. The van der Waals surface area contributed by atoms with Crippen molar-refractivity contribution in [2.45, 2.75) is 46.0 Å². The molecule has 4 heteroatoms. The Morgan fingerprint density at radius 1 is 1.48 bits per heavy atom. The van der Waals surface area contributed by atoms with Crippen LogP contribution in [0, 0.1) is 11.3 Å². The van der Waals surface area contributed by atoms with E-state index in [4.69, 9.17) is 9.47 Å². The van der Waals surface area contributed by atoms with Gasteiger partial charge in [-0.25, -0.2) is 9.59 Å². The second-order valence-electron chi connectivity index (χ2n) is 7.31. The van der Waals surface area contributed by atoms with Gasteiger partial charge in [0.25, 0.3) is 0 Å². The number of hydrogen-bond acceptors (Lipinski definition) is 4. The molecule has 0 N–H and O–H groups in total. The van der Waals surface area contributed by atoms with Gasteiger partial charge in [-0.2, -0.15) is 0 Å². The van der Waals surface area contributed by atoms with Gasteiger partial charge in [0.2, 0.25) is 0 Å². The average Bonchev–Trinajstić information content (AvgIpc) is 3.01. The van der Waals surface area contributed by atoms with Crippen LogP contribution in [-0.2, 0) is 19.1 Å². The molecule has 0 bridgehead atoms. The van der Waals surface area contributed by atoms with E-state index < -0.39 is 0 Å². The first-order valence-corrected chi connectivity index (χ1v) is 8.85. The van der Waals surface area contributed by atoms with Crippen LogP contribution in [0.1, 0.15) is 46.0 Å². The van der Waals surface area contributed by atoms with E-state index in [2.05, 4.69) is 26.5 Å². The van der Waals surface area contributed by atoms with Gasteiger partial charge in [-0.1, -0.05) is 32.6 Å². The Bertz CT molecular complexity index is 638. The summed E-state index contributed by atoms with van der Waals surface area (Å²) in [5.74, 6) is -0.0937. The lowest BCUT2D eigenvalue weighted by Gasteiger charge is -2.36. The monoisotopic (exact) mass is 344 g/mol. The number of methoxy groups -OCH3 is 1. The van der Waals surface area contributed by atoms with E-state index in [-0.39, 0.29) is 17.4 Å². The summed E-state index contributed by atoms with van der Waals surface area (Å²) < 4.78 is 9.85. The largest absolute Gasteiger partial charge is 0.465 e. The third-order valence-corrected chi connectivity index (χ3v) is 5.58. The molecule has 0 spiro atoms. The van der Waals surface area contributed by atoms with E-state index >= 15 is 0 Å². The molecule has 0 amide bonds. The minimum Gasteiger partial charge on any atom is -0.465 e. The van der Waals surface area contributed by atoms with Crippen LogP contribution < -0.4 is 0 Å². The highest BCUT2D eigenvalue weighted by Gasteiger charge is 2.31. The molecule has 0 aromatic heterocycles. The zero-order chi connectivity index (χ0) is 18.4. The minimum atomic E-state index is -0.330. The van der Waals surface area contributed by atoms with Crippen LogP contribution >= 0.6 is 0 Å². The first kappa shape index (κ1) is 19.2. The lowest BCUT2D eigenvalue weighted by Crippen LogP contribution is -2.26. The highest BCUT2D eigenvalue weighted by molar-refractivity contribution is 5.93. The molecule has 2 atom stereocenters. The zero-order valence-corrected chi connectivity index (χ0v) is 15.5. The molecular weight excluding hydrogens is 316 g/mol. The van der Waals surface area contributed by atoms with Crippen LogP contribution in [0.5, 0.6) is 0 Å². The Balaban J connectivity index is 2.12. The molecule has 0 fully saturated rings. The molecule has 1 aliphatic heterocycles. The fourth-order valence-electron chi connectivity index (χ4n) is 3.37. The molecule has 2 unspecified atom stereocenters. The van der Waals surface area contributed by atoms with Gasteiger partial charge >= 0.3 is 11.9 Å². The maximum absolute atomic E-state index is 11.9. The third-order valence-electron chi connectivity index (χ3n) is 5.58. The number of carbonyl (C=O) groups excluding carboxylic acids is 2. The molecule has 1 heterocycles. The van der Waals surface area contributed by atoms with Crippen molar-refractivity contribution in [3.8, 4) is 0 Å². The summed E-state index contributed by atoms with van der Waals surface area (Å²) in [5.41, 5.74) is 2.59. The minimum absolute atomic E-state index is 0.125. The summed E-state index contributed by atoms with van der Waals surface area (Å²) in [6.07, 6.45) is 12.0. The lowest BCUT2D eigenvalue weighted by molar-refractivity contribution is -0.136. The molecule has 0 saturated heterocycles. The van der Waals surface area contributed by atoms with Gasteiger partial charge in [0, 0.05) is 6.08 Å². The predicted molar refractivity (Wildman–Crippen MR) is 97.8 cm³/mol. The van der Waals surface area contributed by atoms with Gasteiger partial charge in [-0.15, -0.1) is 0 Å². The molecule has 2 aliphatic rings. The summed E-state index contributed by atoms with van der Waals surface area (Å²) in [6.45, 7) is 9.06.